The first kappa shape index (κ1) is 13.4. The van der Waals surface area contributed by atoms with Crippen LogP contribution in [0.25, 0.3) is 0 Å². The Morgan fingerprint density at radius 1 is 1.50 bits per heavy atom. The van der Waals surface area contributed by atoms with Gasteiger partial charge in [0.2, 0.25) is 0 Å². The molecule has 1 saturated heterocycles. The molecule has 1 aromatic rings. The monoisotopic (exact) mass is 266 g/mol. The Labute approximate surface area is 113 Å². The maximum atomic E-state index is 12.1. The van der Waals surface area contributed by atoms with E-state index in [4.69, 9.17) is 11.6 Å². The summed E-state index contributed by atoms with van der Waals surface area (Å²) in [6.45, 7) is 6.00. The molecule has 1 aliphatic rings. The van der Waals surface area contributed by atoms with Gasteiger partial charge in [-0.15, -0.1) is 0 Å². The standard InChI is InChI=1S/C14H19ClN2O/c1-9-7-11(3-4-12(9)15)14(18)17-13-5-6-16-8-10(13)2/h3-4,7,10,13,16H,5-6,8H2,1-2H3,(H,17,18). The average Bonchev–Trinajstić information content (AvgIpc) is 2.35. The smallest absolute Gasteiger partial charge is 0.251 e. The van der Waals surface area contributed by atoms with Gasteiger partial charge in [-0.1, -0.05) is 18.5 Å². The van der Waals surface area contributed by atoms with Gasteiger partial charge in [0.1, 0.15) is 0 Å². The second-order valence-electron chi connectivity index (χ2n) is 5.01. The van der Waals surface area contributed by atoms with Crippen molar-refractivity contribution in [2.75, 3.05) is 13.1 Å². The van der Waals surface area contributed by atoms with Crippen LogP contribution in [0.1, 0.15) is 29.3 Å². The number of piperidine rings is 1. The molecule has 1 aliphatic heterocycles. The molecule has 4 heteroatoms. The van der Waals surface area contributed by atoms with Crippen molar-refractivity contribution in [2.24, 2.45) is 5.92 Å². The number of hydrogen-bond donors (Lipinski definition) is 2. The van der Waals surface area contributed by atoms with Gasteiger partial charge in [-0.3, -0.25) is 4.79 Å². The Morgan fingerprint density at radius 2 is 2.28 bits per heavy atom. The van der Waals surface area contributed by atoms with Gasteiger partial charge in [0.05, 0.1) is 0 Å². The van der Waals surface area contributed by atoms with E-state index in [9.17, 15) is 4.79 Å². The Hall–Kier alpha value is -1.06. The van der Waals surface area contributed by atoms with Crippen LogP contribution < -0.4 is 10.6 Å². The van der Waals surface area contributed by atoms with E-state index in [1.807, 2.05) is 13.0 Å². The molecule has 2 rings (SSSR count). The van der Waals surface area contributed by atoms with Gasteiger partial charge >= 0.3 is 0 Å². The summed E-state index contributed by atoms with van der Waals surface area (Å²) in [5.74, 6) is 0.463. The zero-order valence-electron chi connectivity index (χ0n) is 10.8. The number of carbonyl (C=O) groups excluding carboxylic acids is 1. The summed E-state index contributed by atoms with van der Waals surface area (Å²) in [6, 6.07) is 5.65. The number of halogens is 1. The molecule has 1 aromatic carbocycles. The first-order valence-electron chi connectivity index (χ1n) is 6.35. The molecule has 0 spiro atoms. The highest BCUT2D eigenvalue weighted by atomic mass is 35.5. The molecule has 98 valence electrons. The van der Waals surface area contributed by atoms with E-state index < -0.39 is 0 Å². The summed E-state index contributed by atoms with van der Waals surface area (Å²) in [7, 11) is 0. The fraction of sp³-hybridized carbons (Fsp3) is 0.500. The number of aryl methyl sites for hydroxylation is 1. The van der Waals surface area contributed by atoms with Crippen molar-refractivity contribution in [3.63, 3.8) is 0 Å². The second kappa shape index (κ2) is 5.72. The molecule has 1 amide bonds. The number of benzene rings is 1. The minimum atomic E-state index is -0.00600. The van der Waals surface area contributed by atoms with Crippen LogP contribution in [0.5, 0.6) is 0 Å². The van der Waals surface area contributed by atoms with Crippen LogP contribution in [-0.2, 0) is 0 Å². The molecule has 0 bridgehead atoms. The lowest BCUT2D eigenvalue weighted by molar-refractivity contribution is 0.0914. The summed E-state index contributed by atoms with van der Waals surface area (Å²) < 4.78 is 0. The highest BCUT2D eigenvalue weighted by molar-refractivity contribution is 6.31. The van der Waals surface area contributed by atoms with Gasteiger partial charge in [-0.05, 0) is 56.1 Å². The number of carbonyl (C=O) groups is 1. The van der Waals surface area contributed by atoms with Gasteiger partial charge in [0.15, 0.2) is 0 Å². The van der Waals surface area contributed by atoms with Crippen molar-refractivity contribution in [1.29, 1.82) is 0 Å². The molecule has 2 atom stereocenters. The quantitative estimate of drug-likeness (QED) is 0.863. The van der Waals surface area contributed by atoms with E-state index in [2.05, 4.69) is 17.6 Å². The maximum Gasteiger partial charge on any atom is 0.251 e. The van der Waals surface area contributed by atoms with Crippen LogP contribution >= 0.6 is 11.6 Å². The maximum absolute atomic E-state index is 12.1. The van der Waals surface area contributed by atoms with Crippen LogP contribution in [-0.4, -0.2) is 25.0 Å². The lowest BCUT2D eigenvalue weighted by atomic mass is 9.95. The van der Waals surface area contributed by atoms with E-state index in [0.717, 1.165) is 25.1 Å². The van der Waals surface area contributed by atoms with Crippen LogP contribution in [0.15, 0.2) is 18.2 Å². The third-order valence-corrected chi connectivity index (χ3v) is 3.95. The van der Waals surface area contributed by atoms with Gasteiger partial charge in [0, 0.05) is 16.6 Å². The molecule has 0 aromatic heterocycles. The molecule has 0 saturated carbocycles. The molecule has 0 radical (unpaired) electrons. The number of hydrogen-bond acceptors (Lipinski definition) is 2. The van der Waals surface area contributed by atoms with Crippen LogP contribution in [0.3, 0.4) is 0 Å². The molecule has 18 heavy (non-hydrogen) atoms. The normalized spacial score (nSPS) is 23.7. The molecular weight excluding hydrogens is 248 g/mol. The summed E-state index contributed by atoms with van der Waals surface area (Å²) in [5.41, 5.74) is 1.62. The number of nitrogens with one attached hydrogen (secondary N) is 2. The summed E-state index contributed by atoms with van der Waals surface area (Å²) in [6.07, 6.45) is 0.986. The lowest BCUT2D eigenvalue weighted by Crippen LogP contribution is -2.48. The predicted octanol–water partition coefficient (Wildman–Crippen LogP) is 2.38. The first-order valence-corrected chi connectivity index (χ1v) is 6.73. The molecule has 1 heterocycles. The van der Waals surface area contributed by atoms with E-state index in [-0.39, 0.29) is 11.9 Å². The minimum absolute atomic E-state index is 0.00600. The highest BCUT2D eigenvalue weighted by Crippen LogP contribution is 2.17. The van der Waals surface area contributed by atoms with Crippen molar-refractivity contribution < 1.29 is 4.79 Å². The van der Waals surface area contributed by atoms with Crippen molar-refractivity contribution in [2.45, 2.75) is 26.3 Å². The Bertz CT molecular complexity index is 447. The Morgan fingerprint density at radius 3 is 2.94 bits per heavy atom. The number of amides is 1. The average molecular weight is 267 g/mol. The zero-order valence-corrected chi connectivity index (χ0v) is 11.6. The van der Waals surface area contributed by atoms with Crippen LogP contribution in [0.2, 0.25) is 5.02 Å². The molecular formula is C14H19ClN2O. The topological polar surface area (TPSA) is 41.1 Å². The Balaban J connectivity index is 2.04. The van der Waals surface area contributed by atoms with E-state index in [1.54, 1.807) is 12.1 Å². The van der Waals surface area contributed by atoms with Gasteiger partial charge in [-0.25, -0.2) is 0 Å². The van der Waals surface area contributed by atoms with Crippen LogP contribution in [0.4, 0.5) is 0 Å². The van der Waals surface area contributed by atoms with E-state index in [1.165, 1.54) is 0 Å². The first-order chi connectivity index (χ1) is 8.58. The van der Waals surface area contributed by atoms with E-state index >= 15 is 0 Å². The molecule has 1 fully saturated rings. The second-order valence-corrected chi connectivity index (χ2v) is 5.42. The van der Waals surface area contributed by atoms with Gasteiger partial charge in [0.25, 0.3) is 5.91 Å². The molecule has 3 nitrogen and oxygen atoms in total. The fourth-order valence-corrected chi connectivity index (χ4v) is 2.38. The summed E-state index contributed by atoms with van der Waals surface area (Å²) in [5, 5.41) is 7.13. The predicted molar refractivity (Wildman–Crippen MR) is 74.1 cm³/mol. The fourth-order valence-electron chi connectivity index (χ4n) is 2.27. The van der Waals surface area contributed by atoms with Gasteiger partial charge < -0.3 is 10.6 Å². The molecule has 2 unspecified atom stereocenters. The molecule has 2 N–H and O–H groups in total. The van der Waals surface area contributed by atoms with Crippen molar-refractivity contribution >= 4 is 17.5 Å². The molecule has 0 aliphatic carbocycles. The summed E-state index contributed by atoms with van der Waals surface area (Å²) >= 11 is 5.96. The van der Waals surface area contributed by atoms with Crippen molar-refractivity contribution in [3.05, 3.63) is 34.3 Å². The van der Waals surface area contributed by atoms with E-state index in [0.29, 0.717) is 16.5 Å². The SMILES string of the molecule is Cc1cc(C(=O)NC2CCNCC2C)ccc1Cl. The van der Waals surface area contributed by atoms with Gasteiger partial charge in [-0.2, -0.15) is 0 Å². The summed E-state index contributed by atoms with van der Waals surface area (Å²) in [4.78, 5) is 12.1. The third kappa shape index (κ3) is 3.03. The minimum Gasteiger partial charge on any atom is -0.349 e. The van der Waals surface area contributed by atoms with Crippen LogP contribution in [0, 0.1) is 12.8 Å². The third-order valence-electron chi connectivity index (χ3n) is 3.52. The van der Waals surface area contributed by atoms with Crippen molar-refractivity contribution in [3.8, 4) is 0 Å². The largest absolute Gasteiger partial charge is 0.349 e. The highest BCUT2D eigenvalue weighted by Gasteiger charge is 2.23. The van der Waals surface area contributed by atoms with Crippen molar-refractivity contribution in [1.82, 2.24) is 10.6 Å². The zero-order chi connectivity index (χ0) is 13.1. The lowest BCUT2D eigenvalue weighted by Gasteiger charge is -2.30. The number of rotatable bonds is 2. The Kier molecular flexibility index (Phi) is 4.25.